The summed E-state index contributed by atoms with van der Waals surface area (Å²) in [6, 6.07) is 5.63. The van der Waals surface area contributed by atoms with Crippen molar-refractivity contribution in [1.82, 2.24) is 4.90 Å². The fourth-order valence-electron chi connectivity index (χ4n) is 2.63. The number of benzene rings is 1. The molecule has 17 heavy (non-hydrogen) atoms. The van der Waals surface area contributed by atoms with Crippen molar-refractivity contribution in [3.8, 4) is 0 Å². The third-order valence-corrected chi connectivity index (χ3v) is 3.79. The molecular weight excluding hydrogens is 215 g/mol. The van der Waals surface area contributed by atoms with Crippen LogP contribution in [0.5, 0.6) is 0 Å². The van der Waals surface area contributed by atoms with Crippen LogP contribution in [0.2, 0.25) is 0 Å². The highest BCUT2D eigenvalue weighted by Crippen LogP contribution is 2.25. The van der Waals surface area contributed by atoms with Crippen LogP contribution in [-0.2, 0) is 6.54 Å². The van der Waals surface area contributed by atoms with Crippen molar-refractivity contribution in [3.63, 3.8) is 0 Å². The number of halogens is 1. The minimum Gasteiger partial charge on any atom is -0.396 e. The van der Waals surface area contributed by atoms with Crippen LogP contribution >= 0.6 is 0 Å². The molecule has 2 N–H and O–H groups in total. The average Bonchev–Trinajstić information content (AvgIpc) is 2.28. The van der Waals surface area contributed by atoms with E-state index in [0.29, 0.717) is 11.7 Å². The molecule has 1 aliphatic rings. The highest BCUT2D eigenvalue weighted by atomic mass is 19.1. The fraction of sp³-hybridized carbons (Fsp3) is 0.571. The molecule has 3 heteroatoms. The molecule has 0 spiro atoms. The molecule has 1 aromatic rings. The molecule has 0 bridgehead atoms. The molecule has 1 heterocycles. The first kappa shape index (κ1) is 12.4. The van der Waals surface area contributed by atoms with Gasteiger partial charge in [0.05, 0.1) is 5.69 Å². The number of rotatable bonds is 2. The zero-order chi connectivity index (χ0) is 12.4. The monoisotopic (exact) mass is 236 g/mol. The molecule has 1 aromatic carbocycles. The Kier molecular flexibility index (Phi) is 3.67. The maximum Gasteiger partial charge on any atom is 0.146 e. The van der Waals surface area contributed by atoms with Gasteiger partial charge >= 0.3 is 0 Å². The van der Waals surface area contributed by atoms with Crippen molar-refractivity contribution in [2.75, 3.05) is 12.3 Å². The molecule has 0 aliphatic carbocycles. The summed E-state index contributed by atoms with van der Waals surface area (Å²) in [4.78, 5) is 2.39. The molecule has 0 amide bonds. The van der Waals surface area contributed by atoms with Crippen molar-refractivity contribution in [3.05, 3.63) is 29.6 Å². The number of hydrogen-bond donors (Lipinski definition) is 1. The van der Waals surface area contributed by atoms with Gasteiger partial charge in [0.15, 0.2) is 0 Å². The van der Waals surface area contributed by atoms with E-state index in [2.05, 4.69) is 18.7 Å². The second-order valence-electron chi connectivity index (χ2n) is 5.26. The topological polar surface area (TPSA) is 29.3 Å². The second kappa shape index (κ2) is 5.05. The van der Waals surface area contributed by atoms with Gasteiger partial charge in [-0.25, -0.2) is 4.39 Å². The summed E-state index contributed by atoms with van der Waals surface area (Å²) in [6.45, 7) is 6.38. The quantitative estimate of drug-likeness (QED) is 0.800. The maximum absolute atomic E-state index is 13.3. The van der Waals surface area contributed by atoms with Crippen LogP contribution in [0.1, 0.15) is 32.3 Å². The van der Waals surface area contributed by atoms with Gasteiger partial charge in [-0.1, -0.05) is 19.1 Å². The molecular formula is C14H21FN2. The molecule has 2 atom stereocenters. The summed E-state index contributed by atoms with van der Waals surface area (Å²) in [5.41, 5.74) is 6.98. The van der Waals surface area contributed by atoms with Gasteiger partial charge in [-0.2, -0.15) is 0 Å². The maximum atomic E-state index is 13.3. The van der Waals surface area contributed by atoms with Gasteiger partial charge in [-0.05, 0) is 43.9 Å². The number of para-hydroxylation sites is 1. The zero-order valence-corrected chi connectivity index (χ0v) is 10.6. The van der Waals surface area contributed by atoms with Crippen LogP contribution < -0.4 is 5.73 Å². The van der Waals surface area contributed by atoms with Crippen molar-refractivity contribution < 1.29 is 4.39 Å². The first-order valence-corrected chi connectivity index (χ1v) is 6.35. The van der Waals surface area contributed by atoms with E-state index in [0.717, 1.165) is 24.6 Å². The third kappa shape index (κ3) is 2.78. The van der Waals surface area contributed by atoms with Gasteiger partial charge in [-0.3, -0.25) is 4.90 Å². The summed E-state index contributed by atoms with van der Waals surface area (Å²) in [7, 11) is 0. The lowest BCUT2D eigenvalue weighted by molar-refractivity contribution is 0.122. The van der Waals surface area contributed by atoms with E-state index in [1.807, 2.05) is 6.07 Å². The summed E-state index contributed by atoms with van der Waals surface area (Å²) in [5.74, 6) is 0.492. The SMILES string of the molecule is CC1CCN(Cc2cccc(F)c2N)C(C)C1. The molecule has 2 nitrogen and oxygen atoms in total. The van der Waals surface area contributed by atoms with Gasteiger partial charge in [-0.15, -0.1) is 0 Å². The smallest absolute Gasteiger partial charge is 0.146 e. The first-order valence-electron chi connectivity index (χ1n) is 6.35. The Morgan fingerprint density at radius 1 is 1.41 bits per heavy atom. The number of nitrogens with zero attached hydrogens (tertiary/aromatic N) is 1. The van der Waals surface area contributed by atoms with E-state index < -0.39 is 0 Å². The van der Waals surface area contributed by atoms with Crippen LogP contribution in [-0.4, -0.2) is 17.5 Å². The van der Waals surface area contributed by atoms with Crippen LogP contribution in [0.3, 0.4) is 0 Å². The lowest BCUT2D eigenvalue weighted by Crippen LogP contribution is -2.39. The standard InChI is InChI=1S/C14H21FN2/c1-10-6-7-17(11(2)8-10)9-12-4-3-5-13(15)14(12)16/h3-5,10-11H,6-9,16H2,1-2H3. The third-order valence-electron chi connectivity index (χ3n) is 3.79. The Labute approximate surface area is 103 Å². The van der Waals surface area contributed by atoms with E-state index in [-0.39, 0.29) is 5.82 Å². The molecule has 1 fully saturated rings. The number of hydrogen-bond acceptors (Lipinski definition) is 2. The molecule has 94 valence electrons. The molecule has 0 radical (unpaired) electrons. The molecule has 1 saturated heterocycles. The number of likely N-dealkylation sites (tertiary alicyclic amines) is 1. The van der Waals surface area contributed by atoms with E-state index >= 15 is 0 Å². The Morgan fingerprint density at radius 3 is 2.88 bits per heavy atom. The Balaban J connectivity index is 2.08. The van der Waals surface area contributed by atoms with Gasteiger partial charge < -0.3 is 5.73 Å². The van der Waals surface area contributed by atoms with Gasteiger partial charge in [0.2, 0.25) is 0 Å². The number of anilines is 1. The van der Waals surface area contributed by atoms with Crippen molar-refractivity contribution in [2.45, 2.75) is 39.3 Å². The van der Waals surface area contributed by atoms with Gasteiger partial charge in [0, 0.05) is 12.6 Å². The Bertz CT molecular complexity index is 392. The molecule has 0 aromatic heterocycles. The minimum atomic E-state index is -0.305. The predicted molar refractivity (Wildman–Crippen MR) is 69.1 cm³/mol. The highest BCUT2D eigenvalue weighted by Gasteiger charge is 2.23. The van der Waals surface area contributed by atoms with Crippen molar-refractivity contribution >= 4 is 5.69 Å². The Morgan fingerprint density at radius 2 is 2.18 bits per heavy atom. The minimum absolute atomic E-state index is 0.304. The van der Waals surface area contributed by atoms with E-state index in [9.17, 15) is 4.39 Å². The molecule has 0 saturated carbocycles. The normalized spacial score (nSPS) is 26.1. The van der Waals surface area contributed by atoms with E-state index in [1.54, 1.807) is 6.07 Å². The number of nitrogen functional groups attached to an aromatic ring is 1. The second-order valence-corrected chi connectivity index (χ2v) is 5.26. The van der Waals surface area contributed by atoms with Crippen LogP contribution in [0.4, 0.5) is 10.1 Å². The summed E-state index contributed by atoms with van der Waals surface area (Å²) in [5, 5.41) is 0. The van der Waals surface area contributed by atoms with Crippen LogP contribution in [0.25, 0.3) is 0 Å². The molecule has 2 unspecified atom stereocenters. The largest absolute Gasteiger partial charge is 0.396 e. The van der Waals surface area contributed by atoms with Crippen LogP contribution in [0.15, 0.2) is 18.2 Å². The van der Waals surface area contributed by atoms with E-state index in [1.165, 1.54) is 18.9 Å². The fourth-order valence-corrected chi connectivity index (χ4v) is 2.63. The van der Waals surface area contributed by atoms with Gasteiger partial charge in [0.1, 0.15) is 5.82 Å². The zero-order valence-electron chi connectivity index (χ0n) is 10.6. The lowest BCUT2D eigenvalue weighted by atomic mass is 9.93. The van der Waals surface area contributed by atoms with Gasteiger partial charge in [0.25, 0.3) is 0 Å². The average molecular weight is 236 g/mol. The number of piperidine rings is 1. The summed E-state index contributed by atoms with van der Waals surface area (Å²) < 4.78 is 13.3. The Hall–Kier alpha value is -1.09. The summed E-state index contributed by atoms with van der Waals surface area (Å²) in [6.07, 6.45) is 2.44. The number of nitrogens with two attached hydrogens (primary N) is 1. The summed E-state index contributed by atoms with van der Waals surface area (Å²) >= 11 is 0. The lowest BCUT2D eigenvalue weighted by Gasteiger charge is -2.36. The first-order chi connectivity index (χ1) is 8.08. The van der Waals surface area contributed by atoms with Crippen molar-refractivity contribution in [1.29, 1.82) is 0 Å². The van der Waals surface area contributed by atoms with Crippen LogP contribution in [0, 0.1) is 11.7 Å². The van der Waals surface area contributed by atoms with Crippen molar-refractivity contribution in [2.24, 2.45) is 5.92 Å². The van der Waals surface area contributed by atoms with E-state index in [4.69, 9.17) is 5.73 Å². The molecule has 1 aliphatic heterocycles. The highest BCUT2D eigenvalue weighted by molar-refractivity contribution is 5.47. The predicted octanol–water partition coefficient (Wildman–Crippen LogP) is 3.03. The molecule has 2 rings (SSSR count).